The predicted octanol–water partition coefficient (Wildman–Crippen LogP) is 1.86. The van der Waals surface area contributed by atoms with Crippen molar-refractivity contribution in [3.63, 3.8) is 0 Å². The van der Waals surface area contributed by atoms with Crippen LogP contribution in [0.25, 0.3) is 16.4 Å². The molecule has 0 saturated carbocycles. The number of methoxy groups -OCH3 is 1. The Morgan fingerprint density at radius 3 is 2.61 bits per heavy atom. The molecule has 0 saturated heterocycles. The standard InChI is InChI=1S/C22H19N3O6/c1-4-17(26)31-25-21(28)14-11-13(8-9-15(14)23-22(25)29)19(27)18-12(2)20(30-3)16-7-5-6-10-24(16)18/h5-11H,4H2,1-3H3,(H,23,29). The number of carbonyl (C=O) groups excluding carboxylic acids is 2. The van der Waals surface area contributed by atoms with Crippen molar-refractivity contribution in [2.75, 3.05) is 7.11 Å². The average Bonchev–Trinajstić information content (AvgIpc) is 3.06. The van der Waals surface area contributed by atoms with Crippen molar-refractivity contribution < 1.29 is 19.2 Å². The largest absolute Gasteiger partial charge is 0.494 e. The molecule has 9 nitrogen and oxygen atoms in total. The van der Waals surface area contributed by atoms with Gasteiger partial charge in [-0.3, -0.25) is 9.59 Å². The summed E-state index contributed by atoms with van der Waals surface area (Å²) in [7, 11) is 1.54. The topological polar surface area (TPSA) is 112 Å². The molecule has 0 amide bonds. The summed E-state index contributed by atoms with van der Waals surface area (Å²) in [6, 6.07) is 9.86. The minimum Gasteiger partial charge on any atom is -0.494 e. The van der Waals surface area contributed by atoms with Crippen LogP contribution in [0.5, 0.6) is 5.75 Å². The number of hydrogen-bond donors (Lipinski definition) is 1. The molecule has 31 heavy (non-hydrogen) atoms. The van der Waals surface area contributed by atoms with Crippen molar-refractivity contribution in [1.29, 1.82) is 0 Å². The summed E-state index contributed by atoms with van der Waals surface area (Å²) in [5, 5.41) is 0.0415. The summed E-state index contributed by atoms with van der Waals surface area (Å²) in [4.78, 5) is 57.2. The number of ether oxygens (including phenoxy) is 1. The third-order valence-electron chi connectivity index (χ3n) is 5.05. The Morgan fingerprint density at radius 2 is 1.90 bits per heavy atom. The number of pyridine rings is 1. The van der Waals surface area contributed by atoms with E-state index in [9.17, 15) is 19.2 Å². The molecule has 3 heterocycles. The number of H-pyrrole nitrogens is 1. The van der Waals surface area contributed by atoms with Crippen molar-refractivity contribution in [1.82, 2.24) is 14.1 Å². The van der Waals surface area contributed by atoms with E-state index < -0.39 is 17.2 Å². The number of carbonyl (C=O) groups is 2. The first-order chi connectivity index (χ1) is 14.9. The number of nitrogens with one attached hydrogen (secondary N) is 1. The van der Waals surface area contributed by atoms with Crippen LogP contribution in [-0.2, 0) is 4.79 Å². The Kier molecular flexibility index (Phi) is 4.94. The molecule has 0 aliphatic heterocycles. The molecule has 0 aliphatic rings. The van der Waals surface area contributed by atoms with Gasteiger partial charge in [0, 0.05) is 23.7 Å². The molecular weight excluding hydrogens is 402 g/mol. The van der Waals surface area contributed by atoms with Crippen LogP contribution in [0.4, 0.5) is 0 Å². The monoisotopic (exact) mass is 421 g/mol. The number of aromatic amines is 1. The summed E-state index contributed by atoms with van der Waals surface area (Å²) in [5.74, 6) is -0.476. The molecule has 0 fully saturated rings. The van der Waals surface area contributed by atoms with Gasteiger partial charge >= 0.3 is 11.7 Å². The van der Waals surface area contributed by atoms with E-state index in [2.05, 4.69) is 4.98 Å². The van der Waals surface area contributed by atoms with Crippen LogP contribution in [0, 0.1) is 6.92 Å². The lowest BCUT2D eigenvalue weighted by molar-refractivity contribution is -0.144. The van der Waals surface area contributed by atoms with Gasteiger partial charge in [0.05, 0.1) is 23.5 Å². The number of fused-ring (bicyclic) bond motifs is 2. The number of hydrogen-bond acceptors (Lipinski definition) is 6. The molecule has 4 aromatic rings. The third-order valence-corrected chi connectivity index (χ3v) is 5.05. The molecule has 9 heteroatoms. The quantitative estimate of drug-likeness (QED) is 0.492. The van der Waals surface area contributed by atoms with Crippen LogP contribution < -0.4 is 20.8 Å². The van der Waals surface area contributed by atoms with Crippen molar-refractivity contribution in [2.24, 2.45) is 0 Å². The van der Waals surface area contributed by atoms with Crippen LogP contribution in [0.2, 0.25) is 0 Å². The van der Waals surface area contributed by atoms with Gasteiger partial charge in [-0.2, -0.15) is 0 Å². The van der Waals surface area contributed by atoms with Gasteiger partial charge in [-0.1, -0.05) is 17.7 Å². The first-order valence-electron chi connectivity index (χ1n) is 9.56. The second-order valence-corrected chi connectivity index (χ2v) is 6.90. The summed E-state index contributed by atoms with van der Waals surface area (Å²) >= 11 is 0. The van der Waals surface area contributed by atoms with Crippen molar-refractivity contribution in [3.05, 3.63) is 80.3 Å². The Bertz CT molecular complexity index is 1470. The maximum absolute atomic E-state index is 13.4. The number of aromatic nitrogens is 3. The number of ketones is 1. The fourth-order valence-corrected chi connectivity index (χ4v) is 3.57. The van der Waals surface area contributed by atoms with Gasteiger partial charge in [0.25, 0.3) is 5.56 Å². The lowest BCUT2D eigenvalue weighted by Crippen LogP contribution is -2.41. The lowest BCUT2D eigenvalue weighted by Gasteiger charge is -2.08. The zero-order chi connectivity index (χ0) is 22.3. The van der Waals surface area contributed by atoms with Crippen LogP contribution in [0.3, 0.4) is 0 Å². The van der Waals surface area contributed by atoms with Gasteiger partial charge in [-0.25, -0.2) is 9.59 Å². The van der Waals surface area contributed by atoms with Gasteiger partial charge in [0.2, 0.25) is 5.78 Å². The van der Waals surface area contributed by atoms with E-state index in [1.165, 1.54) is 32.2 Å². The second-order valence-electron chi connectivity index (χ2n) is 6.90. The van der Waals surface area contributed by atoms with Gasteiger partial charge in [0.15, 0.2) is 0 Å². The number of benzene rings is 1. The summed E-state index contributed by atoms with van der Waals surface area (Å²) in [6.07, 6.45) is 1.75. The smallest absolute Gasteiger partial charge is 0.363 e. The molecule has 3 aromatic heterocycles. The zero-order valence-electron chi connectivity index (χ0n) is 17.1. The predicted molar refractivity (Wildman–Crippen MR) is 113 cm³/mol. The highest BCUT2D eigenvalue weighted by atomic mass is 16.7. The molecule has 0 radical (unpaired) electrons. The fourth-order valence-electron chi connectivity index (χ4n) is 3.57. The van der Waals surface area contributed by atoms with Crippen LogP contribution in [0.1, 0.15) is 35.0 Å². The third kappa shape index (κ3) is 3.20. The molecule has 4 rings (SSSR count). The van der Waals surface area contributed by atoms with E-state index in [4.69, 9.17) is 9.57 Å². The lowest BCUT2D eigenvalue weighted by atomic mass is 10.0. The van der Waals surface area contributed by atoms with E-state index in [1.54, 1.807) is 23.6 Å². The van der Waals surface area contributed by atoms with E-state index in [1.807, 2.05) is 12.1 Å². The van der Waals surface area contributed by atoms with E-state index >= 15 is 0 Å². The first-order valence-corrected chi connectivity index (χ1v) is 9.56. The summed E-state index contributed by atoms with van der Waals surface area (Å²) in [6.45, 7) is 3.33. The Morgan fingerprint density at radius 1 is 1.13 bits per heavy atom. The molecule has 0 unspecified atom stereocenters. The molecule has 1 aromatic carbocycles. The minimum atomic E-state index is -0.878. The van der Waals surface area contributed by atoms with Gasteiger partial charge in [0.1, 0.15) is 11.4 Å². The van der Waals surface area contributed by atoms with E-state index in [0.717, 1.165) is 5.52 Å². The van der Waals surface area contributed by atoms with Crippen molar-refractivity contribution >= 4 is 28.2 Å². The molecule has 0 spiro atoms. The van der Waals surface area contributed by atoms with E-state index in [-0.39, 0.29) is 28.7 Å². The molecular formula is C22H19N3O6. The van der Waals surface area contributed by atoms with Crippen molar-refractivity contribution in [3.8, 4) is 5.75 Å². The molecule has 0 aliphatic carbocycles. The second kappa shape index (κ2) is 7.60. The maximum atomic E-state index is 13.4. The summed E-state index contributed by atoms with van der Waals surface area (Å²) < 4.78 is 7.57. The average molecular weight is 421 g/mol. The van der Waals surface area contributed by atoms with Crippen LogP contribution >= 0.6 is 0 Å². The highest BCUT2D eigenvalue weighted by Crippen LogP contribution is 2.31. The van der Waals surface area contributed by atoms with Gasteiger partial charge < -0.3 is 19.0 Å². The first kappa shape index (κ1) is 20.1. The Balaban J connectivity index is 1.90. The minimum absolute atomic E-state index is 0.00909. The molecule has 0 bridgehead atoms. The molecule has 0 atom stereocenters. The Labute approximate surface area is 175 Å². The molecule has 158 valence electrons. The fraction of sp³-hybridized carbons (Fsp3) is 0.182. The zero-order valence-corrected chi connectivity index (χ0v) is 17.1. The maximum Gasteiger partial charge on any atom is 0.363 e. The summed E-state index contributed by atoms with van der Waals surface area (Å²) in [5.41, 5.74) is 0.554. The number of rotatable bonds is 5. The SMILES string of the molecule is CCC(=O)On1c(=O)[nH]c2ccc(C(=O)c3c(C)c(OC)c4ccccn34)cc2c1=O. The highest BCUT2D eigenvalue weighted by Gasteiger charge is 2.23. The van der Waals surface area contributed by atoms with Crippen LogP contribution in [0.15, 0.2) is 52.2 Å². The molecule has 1 N–H and O–H groups in total. The van der Waals surface area contributed by atoms with Crippen molar-refractivity contribution in [2.45, 2.75) is 20.3 Å². The highest BCUT2D eigenvalue weighted by molar-refractivity contribution is 6.11. The Hall–Kier alpha value is -4.14. The van der Waals surface area contributed by atoms with Gasteiger partial charge in [-0.05, 0) is 37.3 Å². The van der Waals surface area contributed by atoms with Gasteiger partial charge in [-0.15, -0.1) is 0 Å². The van der Waals surface area contributed by atoms with Crippen LogP contribution in [-0.4, -0.2) is 33.0 Å². The van der Waals surface area contributed by atoms with E-state index in [0.29, 0.717) is 21.7 Å². The normalized spacial score (nSPS) is 11.1. The number of nitrogens with zero attached hydrogens (tertiary/aromatic N) is 2.